The molecule has 0 spiro atoms. The minimum atomic E-state index is 0.219. The van der Waals surface area contributed by atoms with Gasteiger partial charge in [-0.05, 0) is 31.6 Å². The molecule has 2 saturated carbocycles. The lowest BCUT2D eigenvalue weighted by Crippen LogP contribution is -2.45. The Morgan fingerprint density at radius 3 is 2.56 bits per heavy atom. The van der Waals surface area contributed by atoms with Crippen LogP contribution in [0.4, 0.5) is 0 Å². The van der Waals surface area contributed by atoms with Gasteiger partial charge in [0.05, 0.1) is 11.2 Å². The molecule has 0 aliphatic heterocycles. The van der Waals surface area contributed by atoms with Gasteiger partial charge in [-0.2, -0.15) is 0 Å². The van der Waals surface area contributed by atoms with E-state index in [9.17, 15) is 0 Å². The average molecular weight is 264 g/mol. The van der Waals surface area contributed by atoms with Crippen molar-refractivity contribution in [1.29, 1.82) is 0 Å². The zero-order valence-corrected chi connectivity index (χ0v) is 12.4. The van der Waals surface area contributed by atoms with Gasteiger partial charge < -0.3 is 5.32 Å². The van der Waals surface area contributed by atoms with Crippen LogP contribution in [0.25, 0.3) is 0 Å². The van der Waals surface area contributed by atoms with E-state index in [1.807, 2.05) is 11.3 Å². The summed E-state index contributed by atoms with van der Waals surface area (Å²) in [6.07, 6.45) is 9.42. The number of nitrogens with zero attached hydrogens (tertiary/aromatic N) is 1. The number of hydrogen-bond donors (Lipinski definition) is 1. The first-order valence-electron chi connectivity index (χ1n) is 7.43. The largest absolute Gasteiger partial charge is 0.303 e. The highest BCUT2D eigenvalue weighted by Gasteiger charge is 2.40. The molecule has 2 fully saturated rings. The summed E-state index contributed by atoms with van der Waals surface area (Å²) in [6.45, 7) is 4.47. The van der Waals surface area contributed by atoms with Crippen molar-refractivity contribution in [3.8, 4) is 0 Å². The highest BCUT2D eigenvalue weighted by molar-refractivity contribution is 7.09. The van der Waals surface area contributed by atoms with Gasteiger partial charge in [0.25, 0.3) is 0 Å². The Morgan fingerprint density at radius 2 is 2.00 bits per heavy atom. The maximum absolute atomic E-state index is 4.94. The molecule has 3 heteroatoms. The first-order valence-corrected chi connectivity index (χ1v) is 8.31. The third-order valence-electron chi connectivity index (χ3n) is 4.29. The summed E-state index contributed by atoms with van der Waals surface area (Å²) in [6, 6.07) is 0.773. The minimum absolute atomic E-state index is 0.219. The first kappa shape index (κ1) is 12.6. The third-order valence-corrected chi connectivity index (χ3v) is 5.35. The summed E-state index contributed by atoms with van der Waals surface area (Å²) >= 11 is 1.88. The van der Waals surface area contributed by atoms with Crippen molar-refractivity contribution in [3.05, 3.63) is 16.1 Å². The van der Waals surface area contributed by atoms with Gasteiger partial charge >= 0.3 is 0 Å². The Kier molecular flexibility index (Phi) is 3.46. The predicted molar refractivity (Wildman–Crippen MR) is 77.1 cm³/mol. The van der Waals surface area contributed by atoms with E-state index >= 15 is 0 Å². The topological polar surface area (TPSA) is 24.9 Å². The van der Waals surface area contributed by atoms with Crippen LogP contribution in [-0.2, 0) is 5.54 Å². The van der Waals surface area contributed by atoms with E-state index in [2.05, 4.69) is 24.5 Å². The molecule has 0 unspecified atom stereocenters. The Labute approximate surface area is 114 Å². The molecule has 2 nitrogen and oxygen atoms in total. The van der Waals surface area contributed by atoms with Crippen molar-refractivity contribution in [2.75, 3.05) is 0 Å². The van der Waals surface area contributed by atoms with Crippen molar-refractivity contribution in [3.63, 3.8) is 0 Å². The van der Waals surface area contributed by atoms with Gasteiger partial charge in [-0.1, -0.05) is 33.1 Å². The molecular formula is C15H24N2S. The molecular weight excluding hydrogens is 240 g/mol. The van der Waals surface area contributed by atoms with E-state index in [1.54, 1.807) is 0 Å². The lowest BCUT2D eigenvalue weighted by Gasteiger charge is -2.37. The molecule has 0 radical (unpaired) electrons. The van der Waals surface area contributed by atoms with Crippen molar-refractivity contribution < 1.29 is 0 Å². The maximum atomic E-state index is 4.94. The number of nitrogens with one attached hydrogen (secondary N) is 1. The Hall–Kier alpha value is -0.410. The molecule has 2 aliphatic carbocycles. The second kappa shape index (κ2) is 4.93. The third kappa shape index (κ3) is 2.48. The van der Waals surface area contributed by atoms with E-state index in [-0.39, 0.29) is 5.54 Å². The second-order valence-electron chi connectivity index (χ2n) is 6.29. The van der Waals surface area contributed by atoms with Crippen molar-refractivity contribution in [2.45, 2.75) is 76.3 Å². The molecule has 0 amide bonds. The Morgan fingerprint density at radius 1 is 1.28 bits per heavy atom. The quantitative estimate of drug-likeness (QED) is 0.882. The summed E-state index contributed by atoms with van der Waals surface area (Å²) in [5, 5.41) is 7.55. The predicted octanol–water partition coefficient (Wildman–Crippen LogP) is 4.18. The minimum Gasteiger partial charge on any atom is -0.303 e. The smallest absolute Gasteiger partial charge is 0.113 e. The van der Waals surface area contributed by atoms with Crippen LogP contribution in [0.5, 0.6) is 0 Å². The van der Waals surface area contributed by atoms with Gasteiger partial charge in [-0.3, -0.25) is 0 Å². The fourth-order valence-corrected chi connectivity index (χ4v) is 4.17. The molecule has 0 bridgehead atoms. The van der Waals surface area contributed by atoms with Crippen molar-refractivity contribution in [1.82, 2.24) is 10.3 Å². The Bertz CT molecular complexity index is 400. The molecule has 1 aromatic heterocycles. The van der Waals surface area contributed by atoms with Gasteiger partial charge in [0, 0.05) is 11.4 Å². The van der Waals surface area contributed by atoms with Gasteiger partial charge in [-0.25, -0.2) is 4.98 Å². The van der Waals surface area contributed by atoms with Gasteiger partial charge in [-0.15, -0.1) is 11.3 Å². The summed E-state index contributed by atoms with van der Waals surface area (Å²) in [5.41, 5.74) is 1.49. The number of hydrogen-bond acceptors (Lipinski definition) is 3. The van der Waals surface area contributed by atoms with E-state index in [4.69, 9.17) is 4.98 Å². The van der Waals surface area contributed by atoms with Crippen LogP contribution in [-0.4, -0.2) is 11.0 Å². The van der Waals surface area contributed by atoms with Crippen LogP contribution >= 0.6 is 11.3 Å². The molecule has 1 aromatic rings. The van der Waals surface area contributed by atoms with Crippen molar-refractivity contribution in [2.24, 2.45) is 0 Å². The zero-order valence-electron chi connectivity index (χ0n) is 11.5. The average Bonchev–Trinajstić information content (AvgIpc) is 3.02. The molecule has 0 saturated heterocycles. The van der Waals surface area contributed by atoms with Gasteiger partial charge in [0.1, 0.15) is 5.01 Å². The number of thiazole rings is 1. The molecule has 100 valence electrons. The SMILES string of the molecule is CC(C)c1csc(C2(NC3CC3)CCCCC2)n1. The molecule has 0 atom stereocenters. The molecule has 1 N–H and O–H groups in total. The normalized spacial score (nSPS) is 23.5. The number of rotatable bonds is 4. The first-order chi connectivity index (χ1) is 8.70. The van der Waals surface area contributed by atoms with Crippen LogP contribution in [0, 0.1) is 0 Å². The highest BCUT2D eigenvalue weighted by atomic mass is 32.1. The summed E-state index contributed by atoms with van der Waals surface area (Å²) < 4.78 is 0. The van der Waals surface area contributed by atoms with E-state index in [0.717, 1.165) is 6.04 Å². The molecule has 1 heterocycles. The maximum Gasteiger partial charge on any atom is 0.113 e. The zero-order chi connectivity index (χ0) is 12.6. The van der Waals surface area contributed by atoms with Crippen LogP contribution in [0.2, 0.25) is 0 Å². The van der Waals surface area contributed by atoms with E-state index in [0.29, 0.717) is 5.92 Å². The molecule has 18 heavy (non-hydrogen) atoms. The summed E-state index contributed by atoms with van der Waals surface area (Å²) in [4.78, 5) is 4.94. The van der Waals surface area contributed by atoms with Gasteiger partial charge in [0.2, 0.25) is 0 Å². The van der Waals surface area contributed by atoms with Crippen LogP contribution in [0.3, 0.4) is 0 Å². The lowest BCUT2D eigenvalue weighted by molar-refractivity contribution is 0.230. The van der Waals surface area contributed by atoms with Gasteiger partial charge in [0.15, 0.2) is 0 Å². The molecule has 3 rings (SSSR count). The van der Waals surface area contributed by atoms with E-state index < -0.39 is 0 Å². The monoisotopic (exact) mass is 264 g/mol. The Balaban J connectivity index is 1.85. The highest BCUT2D eigenvalue weighted by Crippen LogP contribution is 2.41. The lowest BCUT2D eigenvalue weighted by atomic mass is 9.82. The van der Waals surface area contributed by atoms with Crippen LogP contribution < -0.4 is 5.32 Å². The fourth-order valence-electron chi connectivity index (χ4n) is 2.96. The van der Waals surface area contributed by atoms with Crippen LogP contribution in [0.15, 0.2) is 5.38 Å². The molecule has 0 aromatic carbocycles. The van der Waals surface area contributed by atoms with E-state index in [1.165, 1.54) is 55.6 Å². The second-order valence-corrected chi connectivity index (χ2v) is 7.15. The standard InChI is InChI=1S/C15H24N2S/c1-11(2)13-10-18-14(16-13)15(17-12-6-7-12)8-4-3-5-9-15/h10-12,17H,3-9H2,1-2H3. The fraction of sp³-hybridized carbons (Fsp3) is 0.800. The summed E-state index contributed by atoms with van der Waals surface area (Å²) in [7, 11) is 0. The number of aromatic nitrogens is 1. The summed E-state index contributed by atoms with van der Waals surface area (Å²) in [5.74, 6) is 0.552. The van der Waals surface area contributed by atoms with Crippen molar-refractivity contribution >= 4 is 11.3 Å². The van der Waals surface area contributed by atoms with Crippen LogP contribution in [0.1, 0.15) is 75.4 Å². The molecule has 2 aliphatic rings.